The van der Waals surface area contributed by atoms with E-state index in [1.54, 1.807) is 30.3 Å². The lowest BCUT2D eigenvalue weighted by atomic mass is 10.2. The summed E-state index contributed by atoms with van der Waals surface area (Å²) in [6.07, 6.45) is 5.73. The highest BCUT2D eigenvalue weighted by Gasteiger charge is 2.13. The fraction of sp³-hybridized carbons (Fsp3) is 0.0435. The SMILES string of the molecule is C=CCn1cc(/C=N/c2sccc2C(=O)Nc2ccc(Cl)cc2)c2ccccc21. The Morgan fingerprint density at radius 3 is 2.76 bits per heavy atom. The Balaban J connectivity index is 1.60. The van der Waals surface area contributed by atoms with Crippen LogP contribution in [0.3, 0.4) is 0 Å². The normalized spacial score (nSPS) is 11.2. The first-order valence-corrected chi connectivity index (χ1v) is 10.3. The van der Waals surface area contributed by atoms with Gasteiger partial charge < -0.3 is 9.88 Å². The van der Waals surface area contributed by atoms with Gasteiger partial charge >= 0.3 is 0 Å². The van der Waals surface area contributed by atoms with E-state index in [1.807, 2.05) is 29.8 Å². The van der Waals surface area contributed by atoms with Crippen LogP contribution in [0.4, 0.5) is 10.7 Å². The van der Waals surface area contributed by atoms with Crippen LogP contribution in [0.15, 0.2) is 83.8 Å². The summed E-state index contributed by atoms with van der Waals surface area (Å²) in [6.45, 7) is 4.55. The number of amides is 1. The topological polar surface area (TPSA) is 46.4 Å². The van der Waals surface area contributed by atoms with Gasteiger partial charge in [-0.3, -0.25) is 4.79 Å². The zero-order valence-corrected chi connectivity index (χ0v) is 17.1. The minimum absolute atomic E-state index is 0.199. The Kier molecular flexibility index (Phi) is 5.60. The van der Waals surface area contributed by atoms with Crippen molar-refractivity contribution in [3.63, 3.8) is 0 Å². The third-order valence-electron chi connectivity index (χ3n) is 4.46. The standard InChI is InChI=1S/C23H18ClN3OS/c1-2-12-27-15-16(19-5-3-4-6-21(19)27)14-25-23-20(11-13-29-23)22(28)26-18-9-7-17(24)8-10-18/h2-11,13-15H,1,12H2,(H,26,28)/b25-14+. The lowest BCUT2D eigenvalue weighted by Crippen LogP contribution is -2.10. The molecule has 1 N–H and O–H groups in total. The van der Waals surface area contributed by atoms with Gasteiger partial charge in [-0.05, 0) is 41.8 Å². The lowest BCUT2D eigenvalue weighted by Gasteiger charge is -2.04. The molecule has 6 heteroatoms. The van der Waals surface area contributed by atoms with Gasteiger partial charge in [-0.1, -0.05) is 35.9 Å². The molecule has 2 heterocycles. The van der Waals surface area contributed by atoms with Crippen LogP contribution in [0.1, 0.15) is 15.9 Å². The third-order valence-corrected chi connectivity index (χ3v) is 5.53. The second-order valence-electron chi connectivity index (χ2n) is 6.40. The summed E-state index contributed by atoms with van der Waals surface area (Å²) < 4.78 is 2.13. The predicted molar refractivity (Wildman–Crippen MR) is 123 cm³/mol. The number of fused-ring (bicyclic) bond motifs is 1. The first kappa shape index (κ1) is 19.2. The van der Waals surface area contributed by atoms with Crippen molar-refractivity contribution in [2.75, 3.05) is 5.32 Å². The van der Waals surface area contributed by atoms with Crippen LogP contribution in [0, 0.1) is 0 Å². The molecule has 0 aliphatic carbocycles. The minimum Gasteiger partial charge on any atom is -0.343 e. The van der Waals surface area contributed by atoms with E-state index in [1.165, 1.54) is 11.3 Å². The number of benzene rings is 2. The highest BCUT2D eigenvalue weighted by Crippen LogP contribution is 2.28. The van der Waals surface area contributed by atoms with Crippen molar-refractivity contribution < 1.29 is 4.79 Å². The van der Waals surface area contributed by atoms with Crippen molar-refractivity contribution >= 4 is 56.7 Å². The van der Waals surface area contributed by atoms with Crippen LogP contribution in [-0.2, 0) is 6.54 Å². The van der Waals surface area contributed by atoms with Gasteiger partial charge in [0.2, 0.25) is 0 Å². The average Bonchev–Trinajstić information content (AvgIpc) is 3.34. The second-order valence-corrected chi connectivity index (χ2v) is 7.73. The number of thiophene rings is 1. The number of carbonyl (C=O) groups is 1. The molecule has 29 heavy (non-hydrogen) atoms. The Bertz CT molecular complexity index is 1200. The molecule has 2 aromatic carbocycles. The van der Waals surface area contributed by atoms with E-state index < -0.39 is 0 Å². The number of aromatic nitrogens is 1. The molecule has 0 unspecified atom stereocenters. The zero-order chi connectivity index (χ0) is 20.2. The monoisotopic (exact) mass is 419 g/mol. The number of hydrogen-bond acceptors (Lipinski definition) is 3. The second kappa shape index (κ2) is 8.47. The van der Waals surface area contributed by atoms with Gasteiger partial charge in [0, 0.05) is 46.1 Å². The first-order chi connectivity index (χ1) is 14.2. The predicted octanol–water partition coefficient (Wildman–Crippen LogP) is 6.55. The maximum Gasteiger partial charge on any atom is 0.258 e. The smallest absolute Gasteiger partial charge is 0.258 e. The maximum atomic E-state index is 12.7. The number of carbonyl (C=O) groups excluding carboxylic acids is 1. The molecular formula is C23H18ClN3OS. The van der Waals surface area contributed by atoms with Crippen LogP contribution in [0.2, 0.25) is 5.02 Å². The van der Waals surface area contributed by atoms with E-state index in [2.05, 4.69) is 39.8 Å². The van der Waals surface area contributed by atoms with E-state index >= 15 is 0 Å². The van der Waals surface area contributed by atoms with Crippen molar-refractivity contribution in [3.05, 3.63) is 95.0 Å². The number of rotatable bonds is 6. The van der Waals surface area contributed by atoms with Gasteiger partial charge in [0.1, 0.15) is 5.00 Å². The molecule has 0 aliphatic rings. The van der Waals surface area contributed by atoms with Gasteiger partial charge in [0.25, 0.3) is 5.91 Å². The largest absolute Gasteiger partial charge is 0.343 e. The van der Waals surface area contributed by atoms with E-state index in [-0.39, 0.29) is 5.91 Å². The number of nitrogens with zero attached hydrogens (tertiary/aromatic N) is 2. The molecule has 0 fully saturated rings. The third kappa shape index (κ3) is 4.16. The van der Waals surface area contributed by atoms with E-state index in [4.69, 9.17) is 11.6 Å². The fourth-order valence-electron chi connectivity index (χ4n) is 3.10. The van der Waals surface area contributed by atoms with Crippen LogP contribution in [0.25, 0.3) is 10.9 Å². The zero-order valence-electron chi connectivity index (χ0n) is 15.5. The highest BCUT2D eigenvalue weighted by atomic mass is 35.5. The number of para-hydroxylation sites is 1. The molecule has 0 saturated heterocycles. The summed E-state index contributed by atoms with van der Waals surface area (Å²) in [6, 6.07) is 17.0. The van der Waals surface area contributed by atoms with Gasteiger partial charge in [0.15, 0.2) is 0 Å². The summed E-state index contributed by atoms with van der Waals surface area (Å²) in [5.41, 5.74) is 3.35. The average molecular weight is 420 g/mol. The molecule has 0 spiro atoms. The Morgan fingerprint density at radius 2 is 1.97 bits per heavy atom. The number of allylic oxidation sites excluding steroid dienone is 1. The molecule has 0 bridgehead atoms. The molecular weight excluding hydrogens is 402 g/mol. The number of nitrogens with one attached hydrogen (secondary N) is 1. The molecule has 4 aromatic rings. The Labute approximate surface area is 177 Å². The van der Waals surface area contributed by atoms with Crippen molar-refractivity contribution in [2.45, 2.75) is 6.54 Å². The maximum absolute atomic E-state index is 12.7. The van der Waals surface area contributed by atoms with Crippen LogP contribution >= 0.6 is 22.9 Å². The van der Waals surface area contributed by atoms with Crippen LogP contribution in [-0.4, -0.2) is 16.7 Å². The number of anilines is 1. The molecule has 1 amide bonds. The van der Waals surface area contributed by atoms with Crippen molar-refractivity contribution in [3.8, 4) is 0 Å². The minimum atomic E-state index is -0.199. The fourth-order valence-corrected chi connectivity index (χ4v) is 3.96. The van der Waals surface area contributed by atoms with Crippen molar-refractivity contribution in [2.24, 2.45) is 4.99 Å². The number of hydrogen-bond donors (Lipinski definition) is 1. The Hall–Kier alpha value is -3.15. The first-order valence-electron chi connectivity index (χ1n) is 9.03. The highest BCUT2D eigenvalue weighted by molar-refractivity contribution is 7.14. The van der Waals surface area contributed by atoms with E-state index in [0.29, 0.717) is 21.3 Å². The molecule has 0 atom stereocenters. The van der Waals surface area contributed by atoms with E-state index in [0.717, 1.165) is 23.0 Å². The number of aliphatic imine (C=N–C) groups is 1. The lowest BCUT2D eigenvalue weighted by molar-refractivity contribution is 0.102. The molecule has 4 rings (SSSR count). The molecule has 0 saturated carbocycles. The van der Waals surface area contributed by atoms with E-state index in [9.17, 15) is 4.79 Å². The summed E-state index contributed by atoms with van der Waals surface area (Å²) in [7, 11) is 0. The van der Waals surface area contributed by atoms with Gasteiger partial charge in [0.05, 0.1) is 5.56 Å². The van der Waals surface area contributed by atoms with Crippen LogP contribution in [0.5, 0.6) is 0 Å². The molecule has 144 valence electrons. The molecule has 0 radical (unpaired) electrons. The molecule has 2 aromatic heterocycles. The van der Waals surface area contributed by atoms with Gasteiger partial charge in [-0.25, -0.2) is 4.99 Å². The summed E-state index contributed by atoms with van der Waals surface area (Å²) >= 11 is 7.33. The van der Waals surface area contributed by atoms with Gasteiger partial charge in [-0.2, -0.15) is 0 Å². The summed E-state index contributed by atoms with van der Waals surface area (Å²) in [5.74, 6) is -0.199. The van der Waals surface area contributed by atoms with Crippen LogP contribution < -0.4 is 5.32 Å². The summed E-state index contributed by atoms with van der Waals surface area (Å²) in [5, 5.41) is 7.15. The molecule has 4 nitrogen and oxygen atoms in total. The van der Waals surface area contributed by atoms with Crippen molar-refractivity contribution in [1.29, 1.82) is 0 Å². The summed E-state index contributed by atoms with van der Waals surface area (Å²) in [4.78, 5) is 17.3. The quantitative estimate of drug-likeness (QED) is 0.279. The molecule has 0 aliphatic heterocycles. The van der Waals surface area contributed by atoms with Gasteiger partial charge in [-0.15, -0.1) is 17.9 Å². The van der Waals surface area contributed by atoms with Crippen molar-refractivity contribution in [1.82, 2.24) is 4.57 Å². The Morgan fingerprint density at radius 1 is 1.17 bits per heavy atom. The number of halogens is 1.